The minimum Gasteiger partial charge on any atom is -0.462 e. The Morgan fingerprint density at radius 2 is 1.87 bits per heavy atom. The summed E-state index contributed by atoms with van der Waals surface area (Å²) in [6, 6.07) is 2.18. The molecule has 168 valence electrons. The number of rotatable bonds is 3. The van der Waals surface area contributed by atoms with Crippen molar-refractivity contribution in [1.29, 1.82) is 5.26 Å². The number of carbonyl (C=O) groups excluding carboxylic acids is 2. The molecule has 0 radical (unpaired) electrons. The van der Waals surface area contributed by atoms with Crippen LogP contribution in [0.1, 0.15) is 79.1 Å². The van der Waals surface area contributed by atoms with E-state index in [0.29, 0.717) is 24.4 Å². The van der Waals surface area contributed by atoms with Crippen molar-refractivity contribution in [2.75, 3.05) is 6.61 Å². The van der Waals surface area contributed by atoms with Gasteiger partial charge in [-0.2, -0.15) is 5.26 Å². The lowest BCUT2D eigenvalue weighted by Crippen LogP contribution is -2.50. The highest BCUT2D eigenvalue weighted by Gasteiger charge is 2.58. The second-order valence-electron chi connectivity index (χ2n) is 10.4. The SMILES string of the molecule is CCOC(=O)/C(C#N)=C1/CCC2C3CC=C4CC(OC(C)=O)CC[C@]4(C)C3CC[C@]12C. The summed E-state index contributed by atoms with van der Waals surface area (Å²) in [5, 5.41) is 9.75. The Morgan fingerprint density at radius 3 is 2.55 bits per heavy atom. The molecule has 4 aliphatic rings. The highest BCUT2D eigenvalue weighted by atomic mass is 16.5. The Bertz CT molecular complexity index is 880. The number of nitriles is 1. The maximum atomic E-state index is 12.5. The number of nitrogens with zero attached hydrogens (tertiary/aromatic N) is 1. The van der Waals surface area contributed by atoms with Crippen LogP contribution in [0.3, 0.4) is 0 Å². The van der Waals surface area contributed by atoms with E-state index in [2.05, 4.69) is 26.0 Å². The first kappa shape index (κ1) is 22.1. The second-order valence-corrected chi connectivity index (χ2v) is 10.4. The van der Waals surface area contributed by atoms with Crippen LogP contribution in [0.15, 0.2) is 22.8 Å². The summed E-state index contributed by atoms with van der Waals surface area (Å²) in [5.74, 6) is 1.07. The van der Waals surface area contributed by atoms with Crippen LogP contribution >= 0.6 is 0 Å². The highest BCUT2D eigenvalue weighted by molar-refractivity contribution is 5.94. The smallest absolute Gasteiger partial charge is 0.348 e. The summed E-state index contributed by atoms with van der Waals surface area (Å²) in [5.41, 5.74) is 2.86. The van der Waals surface area contributed by atoms with Gasteiger partial charge in [-0.15, -0.1) is 0 Å². The van der Waals surface area contributed by atoms with Crippen molar-refractivity contribution in [1.82, 2.24) is 0 Å². The largest absolute Gasteiger partial charge is 0.462 e. The standard InChI is InChI=1S/C26H35NO4/c1-5-30-24(29)20(15-27)22-9-8-21-19-7-6-17-14-18(31-16(2)28)10-12-25(17,3)23(19)11-13-26(21,22)4/h6,18-19,21,23H,5,7-14H2,1-4H3/b22-20-/t18?,19?,21?,23?,25-,26-/m0/s1. The van der Waals surface area contributed by atoms with E-state index in [1.54, 1.807) is 6.92 Å². The zero-order valence-electron chi connectivity index (χ0n) is 19.3. The number of carbonyl (C=O) groups is 2. The maximum absolute atomic E-state index is 12.5. The molecule has 0 amide bonds. The van der Waals surface area contributed by atoms with Gasteiger partial charge in [0.15, 0.2) is 0 Å². The lowest BCUT2D eigenvalue weighted by molar-refractivity contribution is -0.148. The fraction of sp³-hybridized carbons (Fsp3) is 0.731. The molecule has 31 heavy (non-hydrogen) atoms. The van der Waals surface area contributed by atoms with Gasteiger partial charge in [-0.25, -0.2) is 4.79 Å². The molecule has 0 aromatic carbocycles. The van der Waals surface area contributed by atoms with E-state index < -0.39 is 5.97 Å². The summed E-state index contributed by atoms with van der Waals surface area (Å²) in [7, 11) is 0. The molecule has 5 nitrogen and oxygen atoms in total. The van der Waals surface area contributed by atoms with E-state index >= 15 is 0 Å². The fourth-order valence-corrected chi connectivity index (χ4v) is 7.63. The maximum Gasteiger partial charge on any atom is 0.348 e. The molecule has 4 rings (SSSR count). The number of ether oxygens (including phenoxy) is 2. The summed E-state index contributed by atoms with van der Waals surface area (Å²) in [6.07, 6.45) is 10.4. The molecule has 3 saturated carbocycles. The van der Waals surface area contributed by atoms with E-state index in [1.165, 1.54) is 12.5 Å². The van der Waals surface area contributed by atoms with Crippen LogP contribution in [-0.2, 0) is 19.1 Å². The first-order chi connectivity index (χ1) is 14.7. The van der Waals surface area contributed by atoms with Crippen molar-refractivity contribution in [2.24, 2.45) is 28.6 Å². The lowest BCUT2D eigenvalue weighted by atomic mass is 9.47. The number of allylic oxidation sites excluding steroid dienone is 2. The van der Waals surface area contributed by atoms with E-state index in [-0.39, 0.29) is 28.5 Å². The van der Waals surface area contributed by atoms with Crippen LogP contribution in [0.5, 0.6) is 0 Å². The molecule has 0 aliphatic heterocycles. The van der Waals surface area contributed by atoms with Crippen molar-refractivity contribution < 1.29 is 19.1 Å². The minimum absolute atomic E-state index is 0.0195. The van der Waals surface area contributed by atoms with Crippen molar-refractivity contribution in [3.05, 3.63) is 22.8 Å². The van der Waals surface area contributed by atoms with Gasteiger partial charge >= 0.3 is 11.9 Å². The molecular weight excluding hydrogens is 390 g/mol. The van der Waals surface area contributed by atoms with E-state index in [4.69, 9.17) is 9.47 Å². The molecule has 4 aliphatic carbocycles. The Balaban J connectivity index is 1.62. The Hall–Kier alpha value is -2.09. The Labute approximate surface area is 185 Å². The van der Waals surface area contributed by atoms with Crippen molar-refractivity contribution >= 4 is 11.9 Å². The van der Waals surface area contributed by atoms with Crippen molar-refractivity contribution in [3.8, 4) is 6.07 Å². The Morgan fingerprint density at radius 1 is 1.16 bits per heavy atom. The van der Waals surface area contributed by atoms with Crippen molar-refractivity contribution in [3.63, 3.8) is 0 Å². The van der Waals surface area contributed by atoms with E-state index in [9.17, 15) is 14.9 Å². The third-order valence-corrected chi connectivity index (χ3v) is 9.07. The normalized spacial score (nSPS) is 40.4. The predicted octanol–water partition coefficient (Wildman–Crippen LogP) is 5.26. The van der Waals surface area contributed by atoms with Gasteiger partial charge in [0.2, 0.25) is 0 Å². The molecule has 3 fully saturated rings. The molecule has 0 aromatic rings. The van der Waals surface area contributed by atoms with Gasteiger partial charge < -0.3 is 9.47 Å². The molecule has 0 saturated heterocycles. The van der Waals surface area contributed by atoms with E-state index in [1.807, 2.05) is 0 Å². The number of hydrogen-bond acceptors (Lipinski definition) is 5. The van der Waals surface area contributed by atoms with Gasteiger partial charge in [-0.3, -0.25) is 4.79 Å². The average molecular weight is 426 g/mol. The summed E-state index contributed by atoms with van der Waals surface area (Å²) in [4.78, 5) is 23.9. The minimum atomic E-state index is -0.453. The van der Waals surface area contributed by atoms with Gasteiger partial charge in [0, 0.05) is 13.3 Å². The molecule has 0 bridgehead atoms. The van der Waals surface area contributed by atoms with Crippen molar-refractivity contribution in [2.45, 2.75) is 85.2 Å². The fourth-order valence-electron chi connectivity index (χ4n) is 7.63. The Kier molecular flexibility index (Phi) is 5.79. The van der Waals surface area contributed by atoms with Gasteiger partial charge in [0.1, 0.15) is 17.7 Å². The zero-order valence-corrected chi connectivity index (χ0v) is 19.3. The summed E-state index contributed by atoms with van der Waals surface area (Å²) in [6.45, 7) is 8.28. The molecule has 6 atom stereocenters. The first-order valence-electron chi connectivity index (χ1n) is 11.9. The van der Waals surface area contributed by atoms with Crippen LogP contribution in [-0.4, -0.2) is 24.6 Å². The van der Waals surface area contributed by atoms with Gasteiger partial charge in [0.05, 0.1) is 6.61 Å². The summed E-state index contributed by atoms with van der Waals surface area (Å²) >= 11 is 0. The number of esters is 2. The monoisotopic (exact) mass is 425 g/mol. The van der Waals surface area contributed by atoms with Crippen LogP contribution in [0.4, 0.5) is 0 Å². The molecule has 0 spiro atoms. The zero-order chi connectivity index (χ0) is 22.4. The molecule has 0 aromatic heterocycles. The molecular formula is C26H35NO4. The molecule has 4 unspecified atom stereocenters. The van der Waals surface area contributed by atoms with Gasteiger partial charge in [-0.05, 0) is 86.0 Å². The highest BCUT2D eigenvalue weighted by Crippen LogP contribution is 2.66. The molecule has 0 heterocycles. The molecule has 5 heteroatoms. The quantitative estimate of drug-likeness (QED) is 0.267. The van der Waals surface area contributed by atoms with Crippen LogP contribution < -0.4 is 0 Å². The number of hydrogen-bond donors (Lipinski definition) is 0. The lowest BCUT2D eigenvalue weighted by Gasteiger charge is -2.57. The van der Waals surface area contributed by atoms with Crippen LogP contribution in [0, 0.1) is 39.9 Å². The van der Waals surface area contributed by atoms with Gasteiger partial charge in [-0.1, -0.05) is 25.5 Å². The molecule has 0 N–H and O–H groups in total. The van der Waals surface area contributed by atoms with E-state index in [0.717, 1.165) is 56.9 Å². The topological polar surface area (TPSA) is 76.4 Å². The van der Waals surface area contributed by atoms with Crippen LogP contribution in [0.25, 0.3) is 0 Å². The predicted molar refractivity (Wildman–Crippen MR) is 117 cm³/mol. The third kappa shape index (κ3) is 3.52. The first-order valence-corrected chi connectivity index (χ1v) is 11.9. The third-order valence-electron chi connectivity index (χ3n) is 9.07. The summed E-state index contributed by atoms with van der Waals surface area (Å²) < 4.78 is 10.7. The average Bonchev–Trinajstić information content (AvgIpc) is 3.06. The number of fused-ring (bicyclic) bond motifs is 5. The van der Waals surface area contributed by atoms with Crippen LogP contribution in [0.2, 0.25) is 0 Å². The van der Waals surface area contributed by atoms with Gasteiger partial charge in [0.25, 0.3) is 0 Å². The second kappa shape index (κ2) is 8.11.